The van der Waals surface area contributed by atoms with Crippen molar-refractivity contribution in [2.24, 2.45) is 5.73 Å². The molecule has 0 saturated carbocycles. The van der Waals surface area contributed by atoms with E-state index in [0.717, 1.165) is 11.4 Å². The van der Waals surface area contributed by atoms with E-state index in [9.17, 15) is 4.79 Å². The van der Waals surface area contributed by atoms with Crippen molar-refractivity contribution in [1.82, 2.24) is 25.2 Å². The van der Waals surface area contributed by atoms with Crippen LogP contribution in [0, 0.1) is 0 Å². The van der Waals surface area contributed by atoms with Crippen molar-refractivity contribution in [3.63, 3.8) is 0 Å². The van der Waals surface area contributed by atoms with Crippen molar-refractivity contribution in [3.8, 4) is 5.69 Å². The lowest BCUT2D eigenvalue weighted by Gasteiger charge is -2.07. The second kappa shape index (κ2) is 7.86. The number of pyridine rings is 1. The largest absolute Gasteiger partial charge is 0.480 e. The number of aliphatic carboxylic acids is 1. The molecule has 0 radical (unpaired) electrons. The van der Waals surface area contributed by atoms with Gasteiger partial charge in [0.25, 0.3) is 0 Å². The number of hydrogen-bond donors (Lipinski definition) is 2. The average molecular weight is 356 g/mol. The molecule has 8 nitrogen and oxygen atoms in total. The first-order chi connectivity index (χ1) is 12.1. The van der Waals surface area contributed by atoms with E-state index in [1.807, 2.05) is 42.5 Å². The van der Waals surface area contributed by atoms with Gasteiger partial charge in [-0.2, -0.15) is 4.68 Å². The van der Waals surface area contributed by atoms with Gasteiger partial charge in [0.15, 0.2) is 0 Å². The molecule has 0 aliphatic carbocycles. The molecule has 128 valence electrons. The molecule has 3 aromatic rings. The highest BCUT2D eigenvalue weighted by atomic mass is 32.2. The number of carbonyl (C=O) groups is 1. The number of carboxylic acid groups (broad SMARTS) is 1. The molecule has 1 aromatic carbocycles. The number of para-hydroxylation sites is 1. The van der Waals surface area contributed by atoms with Gasteiger partial charge in [0.1, 0.15) is 6.04 Å². The third-order valence-corrected chi connectivity index (χ3v) is 4.35. The highest BCUT2D eigenvalue weighted by Gasteiger charge is 2.14. The van der Waals surface area contributed by atoms with Crippen molar-refractivity contribution in [2.45, 2.75) is 23.4 Å². The summed E-state index contributed by atoms with van der Waals surface area (Å²) in [5.74, 6) is -0.479. The van der Waals surface area contributed by atoms with Crippen LogP contribution in [0.15, 0.2) is 53.7 Å². The number of aromatic nitrogens is 5. The SMILES string of the molecule is N[C@@H](Cc1cccc(CSc2nnnn2-c2ccccc2)n1)C(=O)O. The third-order valence-electron chi connectivity index (χ3n) is 3.40. The van der Waals surface area contributed by atoms with E-state index >= 15 is 0 Å². The van der Waals surface area contributed by atoms with E-state index in [1.54, 1.807) is 10.7 Å². The summed E-state index contributed by atoms with van der Waals surface area (Å²) in [6, 6.07) is 14.1. The predicted molar refractivity (Wildman–Crippen MR) is 92.3 cm³/mol. The minimum absolute atomic E-state index is 0.190. The van der Waals surface area contributed by atoms with Crippen molar-refractivity contribution >= 4 is 17.7 Å². The Kier molecular flexibility index (Phi) is 5.36. The number of nitrogens with two attached hydrogens (primary N) is 1. The van der Waals surface area contributed by atoms with E-state index in [0.29, 0.717) is 16.6 Å². The zero-order valence-corrected chi connectivity index (χ0v) is 14.0. The molecule has 0 saturated heterocycles. The van der Waals surface area contributed by atoms with Gasteiger partial charge in [-0.1, -0.05) is 36.0 Å². The third kappa shape index (κ3) is 4.40. The smallest absolute Gasteiger partial charge is 0.320 e. The van der Waals surface area contributed by atoms with Gasteiger partial charge in [0.05, 0.1) is 11.4 Å². The van der Waals surface area contributed by atoms with Crippen LogP contribution >= 0.6 is 11.8 Å². The summed E-state index contributed by atoms with van der Waals surface area (Å²) in [5.41, 5.74) is 7.90. The lowest BCUT2D eigenvalue weighted by Crippen LogP contribution is -2.32. The number of hydrogen-bond acceptors (Lipinski definition) is 7. The Morgan fingerprint density at radius 3 is 2.68 bits per heavy atom. The van der Waals surface area contributed by atoms with E-state index in [-0.39, 0.29) is 6.42 Å². The molecule has 1 atom stereocenters. The highest BCUT2D eigenvalue weighted by molar-refractivity contribution is 7.98. The quantitative estimate of drug-likeness (QED) is 0.608. The van der Waals surface area contributed by atoms with Gasteiger partial charge in [-0.15, -0.1) is 5.10 Å². The topological polar surface area (TPSA) is 120 Å². The maximum absolute atomic E-state index is 10.9. The summed E-state index contributed by atoms with van der Waals surface area (Å²) in [7, 11) is 0. The van der Waals surface area contributed by atoms with Gasteiger partial charge >= 0.3 is 5.97 Å². The molecule has 0 aliphatic rings. The van der Waals surface area contributed by atoms with Crippen molar-refractivity contribution in [1.29, 1.82) is 0 Å². The van der Waals surface area contributed by atoms with Gasteiger partial charge in [-0.3, -0.25) is 9.78 Å². The number of thioether (sulfide) groups is 1. The fourth-order valence-electron chi connectivity index (χ4n) is 2.17. The Morgan fingerprint density at radius 1 is 1.16 bits per heavy atom. The second-order valence-corrected chi connectivity index (χ2v) is 6.21. The van der Waals surface area contributed by atoms with Crippen LogP contribution < -0.4 is 5.73 Å². The average Bonchev–Trinajstić information content (AvgIpc) is 3.09. The lowest BCUT2D eigenvalue weighted by molar-refractivity contribution is -0.138. The van der Waals surface area contributed by atoms with Crippen LogP contribution in [0.4, 0.5) is 0 Å². The normalized spacial score (nSPS) is 12.0. The Hall–Kier alpha value is -2.78. The van der Waals surface area contributed by atoms with Gasteiger partial charge in [-0.25, -0.2) is 0 Å². The molecule has 25 heavy (non-hydrogen) atoms. The van der Waals surface area contributed by atoms with Gasteiger partial charge in [-0.05, 0) is 34.7 Å². The molecule has 0 spiro atoms. The molecule has 0 aliphatic heterocycles. The van der Waals surface area contributed by atoms with Crippen LogP contribution in [0.3, 0.4) is 0 Å². The van der Waals surface area contributed by atoms with Gasteiger partial charge in [0, 0.05) is 17.9 Å². The van der Waals surface area contributed by atoms with E-state index in [4.69, 9.17) is 10.8 Å². The first kappa shape index (κ1) is 17.1. The van der Waals surface area contributed by atoms with Crippen molar-refractivity contribution in [2.75, 3.05) is 0 Å². The van der Waals surface area contributed by atoms with Crippen molar-refractivity contribution < 1.29 is 9.90 Å². The minimum atomic E-state index is -1.04. The van der Waals surface area contributed by atoms with Crippen LogP contribution in [-0.2, 0) is 17.0 Å². The molecule has 0 unspecified atom stereocenters. The minimum Gasteiger partial charge on any atom is -0.480 e. The number of rotatable bonds is 7. The summed E-state index contributed by atoms with van der Waals surface area (Å²) < 4.78 is 1.66. The molecule has 2 aromatic heterocycles. The summed E-state index contributed by atoms with van der Waals surface area (Å²) in [5, 5.41) is 21.3. The standard InChI is InChI=1S/C16H16N6O2S/c17-14(15(23)24)9-11-5-4-6-12(18-11)10-25-16-19-20-21-22(16)13-7-2-1-3-8-13/h1-8,14H,9-10,17H2,(H,23,24)/t14-/m0/s1. The molecule has 9 heteroatoms. The molecule has 0 bridgehead atoms. The molecular weight excluding hydrogens is 340 g/mol. The molecule has 0 amide bonds. The van der Waals surface area contributed by atoms with E-state index < -0.39 is 12.0 Å². The summed E-state index contributed by atoms with van der Waals surface area (Å²) in [6.45, 7) is 0. The zero-order valence-electron chi connectivity index (χ0n) is 13.2. The molecule has 3 N–H and O–H groups in total. The predicted octanol–water partition coefficient (Wildman–Crippen LogP) is 1.30. The molecule has 0 fully saturated rings. The number of benzene rings is 1. The van der Waals surface area contributed by atoms with Crippen molar-refractivity contribution in [3.05, 3.63) is 59.9 Å². The van der Waals surface area contributed by atoms with E-state index in [2.05, 4.69) is 20.5 Å². The highest BCUT2D eigenvalue weighted by Crippen LogP contribution is 2.21. The first-order valence-corrected chi connectivity index (χ1v) is 8.52. The zero-order chi connectivity index (χ0) is 17.6. The van der Waals surface area contributed by atoms with Gasteiger partial charge in [0.2, 0.25) is 5.16 Å². The van der Waals surface area contributed by atoms with Crippen LogP contribution in [0.2, 0.25) is 0 Å². The first-order valence-electron chi connectivity index (χ1n) is 7.53. The Labute approximate surface area is 148 Å². The lowest BCUT2D eigenvalue weighted by atomic mass is 10.1. The summed E-state index contributed by atoms with van der Waals surface area (Å²) in [6.07, 6.45) is 0.190. The Bertz CT molecular complexity index is 855. The summed E-state index contributed by atoms with van der Waals surface area (Å²) in [4.78, 5) is 15.3. The Balaban J connectivity index is 1.69. The van der Waals surface area contributed by atoms with Crippen LogP contribution in [-0.4, -0.2) is 42.3 Å². The molecule has 2 heterocycles. The van der Waals surface area contributed by atoms with Crippen LogP contribution in [0.25, 0.3) is 5.69 Å². The van der Waals surface area contributed by atoms with E-state index in [1.165, 1.54) is 11.8 Å². The number of tetrazole rings is 1. The number of carboxylic acids is 1. The fourth-order valence-corrected chi connectivity index (χ4v) is 2.97. The molecule has 3 rings (SSSR count). The fraction of sp³-hybridized carbons (Fsp3) is 0.188. The monoisotopic (exact) mass is 356 g/mol. The maximum atomic E-state index is 10.9. The maximum Gasteiger partial charge on any atom is 0.320 e. The van der Waals surface area contributed by atoms with Gasteiger partial charge < -0.3 is 10.8 Å². The second-order valence-electron chi connectivity index (χ2n) is 5.27. The van der Waals surface area contributed by atoms with Crippen LogP contribution in [0.5, 0.6) is 0 Å². The Morgan fingerprint density at radius 2 is 1.92 bits per heavy atom. The van der Waals surface area contributed by atoms with Crippen LogP contribution in [0.1, 0.15) is 11.4 Å². The number of nitrogens with zero attached hydrogens (tertiary/aromatic N) is 5. The summed E-state index contributed by atoms with van der Waals surface area (Å²) >= 11 is 1.45. The molecular formula is C16H16N6O2S.